The van der Waals surface area contributed by atoms with Gasteiger partial charge in [-0.3, -0.25) is 0 Å². The van der Waals surface area contributed by atoms with Crippen LogP contribution >= 0.6 is 0 Å². The molecule has 0 radical (unpaired) electrons. The normalized spacial score (nSPS) is 18.1. The van der Waals surface area contributed by atoms with Crippen molar-refractivity contribution in [1.82, 2.24) is 4.90 Å². The van der Waals surface area contributed by atoms with E-state index < -0.39 is 0 Å². The Morgan fingerprint density at radius 1 is 1.15 bits per heavy atom. The highest BCUT2D eigenvalue weighted by Crippen LogP contribution is 2.29. The number of methoxy groups -OCH3 is 1. The smallest absolute Gasteiger partial charge is 0.119 e. The Morgan fingerprint density at radius 3 is 2.55 bits per heavy atom. The first-order valence-electron chi connectivity index (χ1n) is 8.15. The lowest BCUT2D eigenvalue weighted by Gasteiger charge is -2.30. The van der Waals surface area contributed by atoms with Crippen molar-refractivity contribution in [3.8, 4) is 5.75 Å². The molecule has 2 nitrogen and oxygen atoms in total. The molecule has 1 atom stereocenters. The molecule has 0 N–H and O–H groups in total. The van der Waals surface area contributed by atoms with Gasteiger partial charge in [-0.2, -0.15) is 0 Å². The van der Waals surface area contributed by atoms with E-state index in [1.54, 1.807) is 7.11 Å². The molecule has 1 unspecified atom stereocenters. The van der Waals surface area contributed by atoms with Crippen molar-refractivity contribution < 1.29 is 4.74 Å². The van der Waals surface area contributed by atoms with Gasteiger partial charge in [-0.1, -0.05) is 19.9 Å². The first-order chi connectivity index (χ1) is 9.76. The van der Waals surface area contributed by atoms with E-state index in [9.17, 15) is 0 Å². The Morgan fingerprint density at radius 2 is 1.90 bits per heavy atom. The number of benzene rings is 1. The van der Waals surface area contributed by atoms with E-state index in [-0.39, 0.29) is 0 Å². The predicted molar refractivity (Wildman–Crippen MR) is 85.5 cm³/mol. The summed E-state index contributed by atoms with van der Waals surface area (Å²) in [4.78, 5) is 2.65. The quantitative estimate of drug-likeness (QED) is 0.748. The lowest BCUT2D eigenvalue weighted by molar-refractivity contribution is 0.220. The van der Waals surface area contributed by atoms with Crippen molar-refractivity contribution in [3.05, 3.63) is 29.3 Å². The number of fused-ring (bicyclic) bond motifs is 1. The second-order valence-electron chi connectivity index (χ2n) is 6.04. The predicted octanol–water partition coefficient (Wildman–Crippen LogP) is 3.92. The molecular formula is C18H29NO. The van der Waals surface area contributed by atoms with Crippen LogP contribution in [-0.4, -0.2) is 31.6 Å². The van der Waals surface area contributed by atoms with Gasteiger partial charge in [-0.15, -0.1) is 0 Å². The van der Waals surface area contributed by atoms with E-state index in [0.717, 1.165) is 11.7 Å². The summed E-state index contributed by atoms with van der Waals surface area (Å²) in [5.74, 6) is 1.83. The van der Waals surface area contributed by atoms with E-state index in [0.29, 0.717) is 0 Å². The average molecular weight is 275 g/mol. The Balaban J connectivity index is 1.96. The molecule has 0 saturated heterocycles. The first-order valence-corrected chi connectivity index (χ1v) is 8.15. The molecule has 0 heterocycles. The van der Waals surface area contributed by atoms with E-state index in [4.69, 9.17) is 4.74 Å². The molecule has 0 spiro atoms. The third-order valence-corrected chi connectivity index (χ3v) is 4.34. The zero-order valence-corrected chi connectivity index (χ0v) is 13.3. The molecular weight excluding hydrogens is 246 g/mol. The molecule has 0 saturated carbocycles. The van der Waals surface area contributed by atoms with Gasteiger partial charge in [0.2, 0.25) is 0 Å². The fraction of sp³-hybridized carbons (Fsp3) is 0.667. The Bertz CT molecular complexity index is 410. The summed E-state index contributed by atoms with van der Waals surface area (Å²) < 4.78 is 5.33. The van der Waals surface area contributed by atoms with Gasteiger partial charge in [0.05, 0.1) is 7.11 Å². The number of ether oxygens (including phenoxy) is 1. The number of hydrogen-bond acceptors (Lipinski definition) is 2. The van der Waals surface area contributed by atoms with Gasteiger partial charge in [-0.05, 0) is 74.4 Å². The number of rotatable bonds is 7. The van der Waals surface area contributed by atoms with Crippen LogP contribution in [0.15, 0.2) is 18.2 Å². The van der Waals surface area contributed by atoms with Crippen LogP contribution in [0.3, 0.4) is 0 Å². The van der Waals surface area contributed by atoms with Gasteiger partial charge in [0.15, 0.2) is 0 Å². The molecule has 1 aromatic rings. The molecule has 20 heavy (non-hydrogen) atoms. The summed E-state index contributed by atoms with van der Waals surface area (Å²) in [6.07, 6.45) is 6.30. The van der Waals surface area contributed by atoms with Crippen LogP contribution in [0.1, 0.15) is 44.2 Å². The highest BCUT2D eigenvalue weighted by Gasteiger charge is 2.20. The summed E-state index contributed by atoms with van der Waals surface area (Å²) >= 11 is 0. The minimum atomic E-state index is 0.828. The summed E-state index contributed by atoms with van der Waals surface area (Å²) in [5.41, 5.74) is 3.04. The number of hydrogen-bond donors (Lipinski definition) is 0. The average Bonchev–Trinajstić information content (AvgIpc) is 2.47. The van der Waals surface area contributed by atoms with Crippen LogP contribution in [0.2, 0.25) is 0 Å². The van der Waals surface area contributed by atoms with Crippen LogP contribution in [0.5, 0.6) is 5.75 Å². The fourth-order valence-electron chi connectivity index (χ4n) is 3.38. The summed E-state index contributed by atoms with van der Waals surface area (Å²) in [6, 6.07) is 6.60. The maximum absolute atomic E-state index is 5.33. The summed E-state index contributed by atoms with van der Waals surface area (Å²) in [7, 11) is 1.75. The van der Waals surface area contributed by atoms with Gasteiger partial charge in [0.25, 0.3) is 0 Å². The van der Waals surface area contributed by atoms with E-state index in [1.807, 2.05) is 0 Å². The zero-order chi connectivity index (χ0) is 14.4. The first kappa shape index (κ1) is 15.4. The highest BCUT2D eigenvalue weighted by atomic mass is 16.5. The zero-order valence-electron chi connectivity index (χ0n) is 13.3. The molecule has 1 aliphatic carbocycles. The second kappa shape index (κ2) is 7.68. The monoisotopic (exact) mass is 275 g/mol. The Kier molecular flexibility index (Phi) is 5.90. The molecule has 0 amide bonds. The maximum Gasteiger partial charge on any atom is 0.119 e. The lowest BCUT2D eigenvalue weighted by Crippen LogP contribution is -2.33. The third kappa shape index (κ3) is 3.99. The molecule has 1 aliphatic rings. The van der Waals surface area contributed by atoms with Crippen molar-refractivity contribution in [1.29, 1.82) is 0 Å². The fourth-order valence-corrected chi connectivity index (χ4v) is 3.38. The van der Waals surface area contributed by atoms with Crippen LogP contribution in [-0.2, 0) is 12.8 Å². The topological polar surface area (TPSA) is 12.5 Å². The molecule has 2 rings (SSSR count). The van der Waals surface area contributed by atoms with Crippen molar-refractivity contribution in [2.24, 2.45) is 5.92 Å². The van der Waals surface area contributed by atoms with Crippen LogP contribution in [0, 0.1) is 5.92 Å². The lowest BCUT2D eigenvalue weighted by atomic mass is 9.83. The van der Waals surface area contributed by atoms with Gasteiger partial charge in [0.1, 0.15) is 5.75 Å². The van der Waals surface area contributed by atoms with Crippen LogP contribution in [0.4, 0.5) is 0 Å². The molecule has 0 aromatic heterocycles. The molecule has 0 aliphatic heterocycles. The Labute approximate surface area is 124 Å². The minimum absolute atomic E-state index is 0.828. The van der Waals surface area contributed by atoms with Gasteiger partial charge >= 0.3 is 0 Å². The molecule has 2 heteroatoms. The van der Waals surface area contributed by atoms with Crippen molar-refractivity contribution in [3.63, 3.8) is 0 Å². The minimum Gasteiger partial charge on any atom is -0.497 e. The Hall–Kier alpha value is -1.02. The van der Waals surface area contributed by atoms with Gasteiger partial charge in [-0.25, -0.2) is 0 Å². The van der Waals surface area contributed by atoms with Crippen LogP contribution < -0.4 is 4.74 Å². The number of nitrogens with zero attached hydrogens (tertiary/aromatic N) is 1. The maximum atomic E-state index is 5.33. The second-order valence-corrected chi connectivity index (χ2v) is 6.04. The molecule has 1 aromatic carbocycles. The van der Waals surface area contributed by atoms with E-state index in [2.05, 4.69) is 36.9 Å². The van der Waals surface area contributed by atoms with Crippen molar-refractivity contribution in [2.45, 2.75) is 46.0 Å². The number of aryl methyl sites for hydroxylation is 1. The van der Waals surface area contributed by atoms with Crippen molar-refractivity contribution >= 4 is 0 Å². The highest BCUT2D eigenvalue weighted by molar-refractivity contribution is 5.37. The summed E-state index contributed by atoms with van der Waals surface area (Å²) in [6.45, 7) is 8.34. The molecule has 0 fully saturated rings. The SMILES string of the molecule is CCCN(CCC)CC1CCc2cc(OC)ccc2C1. The molecule has 112 valence electrons. The molecule has 0 bridgehead atoms. The van der Waals surface area contributed by atoms with Gasteiger partial charge < -0.3 is 9.64 Å². The van der Waals surface area contributed by atoms with Crippen molar-refractivity contribution in [2.75, 3.05) is 26.7 Å². The largest absolute Gasteiger partial charge is 0.497 e. The standard InChI is InChI=1S/C18H29NO/c1-4-10-19(11-5-2)14-15-6-7-17-13-18(20-3)9-8-16(17)12-15/h8-9,13,15H,4-7,10-12,14H2,1-3H3. The van der Waals surface area contributed by atoms with E-state index >= 15 is 0 Å². The summed E-state index contributed by atoms with van der Waals surface area (Å²) in [5, 5.41) is 0. The van der Waals surface area contributed by atoms with Gasteiger partial charge in [0, 0.05) is 6.54 Å². The van der Waals surface area contributed by atoms with E-state index in [1.165, 1.54) is 62.9 Å². The van der Waals surface area contributed by atoms with Crippen LogP contribution in [0.25, 0.3) is 0 Å². The third-order valence-electron chi connectivity index (χ3n) is 4.34.